The van der Waals surface area contributed by atoms with E-state index in [0.717, 1.165) is 22.6 Å². The van der Waals surface area contributed by atoms with Crippen LogP contribution >= 0.6 is 0 Å². The Morgan fingerprint density at radius 2 is 1.72 bits per heavy atom. The average molecular weight is 393 g/mol. The Labute approximate surface area is 169 Å². The predicted molar refractivity (Wildman–Crippen MR) is 110 cm³/mol. The van der Waals surface area contributed by atoms with E-state index < -0.39 is 0 Å². The molecule has 0 bridgehead atoms. The highest BCUT2D eigenvalue weighted by Crippen LogP contribution is 2.19. The van der Waals surface area contributed by atoms with Gasteiger partial charge in [0.15, 0.2) is 0 Å². The molecule has 0 saturated carbocycles. The first-order valence-electron chi connectivity index (χ1n) is 9.21. The maximum Gasteiger partial charge on any atom is 0.228 e. The lowest BCUT2D eigenvalue weighted by molar-refractivity contribution is -0.115. The zero-order chi connectivity index (χ0) is 20.8. The monoisotopic (exact) mass is 393 g/mol. The summed E-state index contributed by atoms with van der Waals surface area (Å²) in [5.41, 5.74) is 3.88. The number of amides is 2. The number of nitrogens with one attached hydrogen (secondary N) is 2. The summed E-state index contributed by atoms with van der Waals surface area (Å²) in [6.07, 6.45) is 0.231. The van der Waals surface area contributed by atoms with Crippen LogP contribution in [0, 0.1) is 13.8 Å². The fourth-order valence-electron chi connectivity index (χ4n) is 2.84. The van der Waals surface area contributed by atoms with Crippen molar-refractivity contribution in [1.29, 1.82) is 0 Å². The molecule has 0 aliphatic heterocycles. The van der Waals surface area contributed by atoms with E-state index >= 15 is 0 Å². The lowest BCUT2D eigenvalue weighted by atomic mass is 10.1. The Balaban J connectivity index is 1.54. The summed E-state index contributed by atoms with van der Waals surface area (Å²) in [4.78, 5) is 23.5. The summed E-state index contributed by atoms with van der Waals surface area (Å²) < 4.78 is 10.9. The van der Waals surface area contributed by atoms with Crippen molar-refractivity contribution in [2.45, 2.75) is 33.8 Å². The van der Waals surface area contributed by atoms with Gasteiger partial charge < -0.3 is 19.9 Å². The van der Waals surface area contributed by atoms with Crippen molar-refractivity contribution in [3.8, 4) is 5.75 Å². The smallest absolute Gasteiger partial charge is 0.228 e. The van der Waals surface area contributed by atoms with Crippen molar-refractivity contribution >= 4 is 23.2 Å². The van der Waals surface area contributed by atoms with Crippen LogP contribution in [-0.4, -0.2) is 17.0 Å². The van der Waals surface area contributed by atoms with E-state index in [9.17, 15) is 9.59 Å². The third-order valence-corrected chi connectivity index (χ3v) is 4.32. The summed E-state index contributed by atoms with van der Waals surface area (Å²) in [5.74, 6) is 1.15. The molecule has 0 aliphatic rings. The first-order valence-corrected chi connectivity index (χ1v) is 9.21. The summed E-state index contributed by atoms with van der Waals surface area (Å²) >= 11 is 0. The van der Waals surface area contributed by atoms with Crippen molar-refractivity contribution in [3.63, 3.8) is 0 Å². The van der Waals surface area contributed by atoms with Crippen LogP contribution in [0.1, 0.15) is 29.5 Å². The van der Waals surface area contributed by atoms with Crippen LogP contribution in [0.25, 0.3) is 0 Å². The number of aryl methyl sites for hydroxylation is 2. The van der Waals surface area contributed by atoms with Crippen LogP contribution in [-0.2, 0) is 22.6 Å². The minimum absolute atomic E-state index is 0.144. The highest BCUT2D eigenvalue weighted by atomic mass is 16.5. The van der Waals surface area contributed by atoms with Gasteiger partial charge in [0.1, 0.15) is 18.1 Å². The maximum atomic E-state index is 12.3. The van der Waals surface area contributed by atoms with Crippen LogP contribution in [0.5, 0.6) is 5.75 Å². The quantitative estimate of drug-likeness (QED) is 0.633. The number of rotatable bonds is 7. The predicted octanol–water partition coefficient (Wildman–Crippen LogP) is 4.01. The van der Waals surface area contributed by atoms with Crippen molar-refractivity contribution in [2.75, 3.05) is 10.6 Å². The van der Waals surface area contributed by atoms with E-state index in [0.29, 0.717) is 23.7 Å². The van der Waals surface area contributed by atoms with E-state index in [4.69, 9.17) is 9.26 Å². The molecule has 1 aromatic heterocycles. The molecule has 7 heteroatoms. The molecule has 0 unspecified atom stereocenters. The number of hydrogen-bond acceptors (Lipinski definition) is 5. The third-order valence-electron chi connectivity index (χ3n) is 4.32. The van der Waals surface area contributed by atoms with Gasteiger partial charge in [0, 0.05) is 18.3 Å². The molecule has 150 valence electrons. The first-order chi connectivity index (χ1) is 13.9. The van der Waals surface area contributed by atoms with Gasteiger partial charge in [-0.25, -0.2) is 0 Å². The zero-order valence-corrected chi connectivity index (χ0v) is 16.6. The minimum atomic E-state index is -0.162. The Morgan fingerprint density at radius 3 is 2.34 bits per heavy atom. The Kier molecular flexibility index (Phi) is 6.29. The Morgan fingerprint density at radius 1 is 1.03 bits per heavy atom. The maximum absolute atomic E-state index is 12.3. The molecule has 1 heterocycles. The molecule has 3 rings (SSSR count). The number of carbonyl (C=O) groups excluding carboxylic acids is 2. The first kappa shape index (κ1) is 20.1. The van der Waals surface area contributed by atoms with E-state index in [1.807, 2.05) is 38.1 Å². The number of carbonyl (C=O) groups is 2. The molecule has 0 fully saturated rings. The molecule has 0 aliphatic carbocycles. The Hall–Kier alpha value is -3.61. The van der Waals surface area contributed by atoms with Crippen LogP contribution in [0.4, 0.5) is 11.4 Å². The van der Waals surface area contributed by atoms with Gasteiger partial charge in [0.2, 0.25) is 11.8 Å². The minimum Gasteiger partial charge on any atom is -0.489 e. The molecule has 0 atom stereocenters. The fourth-order valence-corrected chi connectivity index (χ4v) is 2.84. The molecule has 0 radical (unpaired) electrons. The molecular weight excluding hydrogens is 370 g/mol. The average Bonchev–Trinajstić information content (AvgIpc) is 2.99. The van der Waals surface area contributed by atoms with Gasteiger partial charge in [0.05, 0.1) is 17.7 Å². The molecule has 2 aromatic carbocycles. The van der Waals surface area contributed by atoms with E-state index in [-0.39, 0.29) is 18.2 Å². The third kappa shape index (κ3) is 5.68. The van der Waals surface area contributed by atoms with E-state index in [1.54, 1.807) is 24.3 Å². The van der Waals surface area contributed by atoms with Gasteiger partial charge in [0.25, 0.3) is 0 Å². The standard InChI is InChI=1S/C22H23N3O4/c1-14-21(15(2)29-25-14)13-28-20-9-7-17(8-10-20)11-22(27)24-19-6-4-5-18(12-19)23-16(3)26/h4-10,12H,11,13H2,1-3H3,(H,23,26)(H,24,27). The van der Waals surface area contributed by atoms with Crippen molar-refractivity contribution in [1.82, 2.24) is 5.16 Å². The van der Waals surface area contributed by atoms with Gasteiger partial charge in [-0.1, -0.05) is 23.4 Å². The van der Waals surface area contributed by atoms with Crippen LogP contribution in [0.15, 0.2) is 53.1 Å². The van der Waals surface area contributed by atoms with Gasteiger partial charge in [-0.2, -0.15) is 0 Å². The molecule has 2 N–H and O–H groups in total. The Bertz CT molecular complexity index is 990. The second kappa shape index (κ2) is 9.05. The summed E-state index contributed by atoms with van der Waals surface area (Å²) in [7, 11) is 0. The molecule has 0 saturated heterocycles. The van der Waals surface area contributed by atoms with Gasteiger partial charge >= 0.3 is 0 Å². The van der Waals surface area contributed by atoms with Crippen LogP contribution in [0.3, 0.4) is 0 Å². The number of anilines is 2. The van der Waals surface area contributed by atoms with Crippen molar-refractivity contribution in [3.05, 3.63) is 71.1 Å². The number of nitrogens with zero attached hydrogens (tertiary/aromatic N) is 1. The topological polar surface area (TPSA) is 93.5 Å². The van der Waals surface area contributed by atoms with Gasteiger partial charge in [-0.05, 0) is 49.7 Å². The summed E-state index contributed by atoms with van der Waals surface area (Å²) in [6, 6.07) is 14.4. The van der Waals surface area contributed by atoms with E-state index in [2.05, 4.69) is 15.8 Å². The summed E-state index contributed by atoms with van der Waals surface area (Å²) in [6.45, 7) is 5.55. The number of ether oxygens (including phenoxy) is 1. The second-order valence-corrected chi connectivity index (χ2v) is 6.72. The summed E-state index contributed by atoms with van der Waals surface area (Å²) in [5, 5.41) is 9.43. The number of aromatic nitrogens is 1. The van der Waals surface area contributed by atoms with Crippen molar-refractivity contribution < 1.29 is 18.8 Å². The lowest BCUT2D eigenvalue weighted by Gasteiger charge is -2.09. The molecule has 2 amide bonds. The lowest BCUT2D eigenvalue weighted by Crippen LogP contribution is -2.14. The molecule has 0 spiro atoms. The highest BCUT2D eigenvalue weighted by Gasteiger charge is 2.10. The zero-order valence-electron chi connectivity index (χ0n) is 16.6. The van der Waals surface area contributed by atoms with Gasteiger partial charge in [-0.15, -0.1) is 0 Å². The molecule has 7 nitrogen and oxygen atoms in total. The van der Waals surface area contributed by atoms with E-state index in [1.165, 1.54) is 6.92 Å². The number of benzene rings is 2. The molecule has 3 aromatic rings. The fraction of sp³-hybridized carbons (Fsp3) is 0.227. The molecule has 29 heavy (non-hydrogen) atoms. The highest BCUT2D eigenvalue weighted by molar-refractivity contribution is 5.94. The second-order valence-electron chi connectivity index (χ2n) is 6.72. The van der Waals surface area contributed by atoms with Gasteiger partial charge in [-0.3, -0.25) is 9.59 Å². The molecular formula is C22H23N3O4. The largest absolute Gasteiger partial charge is 0.489 e. The van der Waals surface area contributed by atoms with Crippen LogP contribution in [0.2, 0.25) is 0 Å². The number of hydrogen-bond donors (Lipinski definition) is 2. The van der Waals surface area contributed by atoms with Crippen LogP contribution < -0.4 is 15.4 Å². The SMILES string of the molecule is CC(=O)Nc1cccc(NC(=O)Cc2ccc(OCc3c(C)noc3C)cc2)c1. The normalized spacial score (nSPS) is 10.4. The van der Waals surface area contributed by atoms with Crippen molar-refractivity contribution in [2.24, 2.45) is 0 Å².